The van der Waals surface area contributed by atoms with E-state index in [1.54, 1.807) is 0 Å². The molecular weight excluding hydrogens is 717 g/mol. The predicted molar refractivity (Wildman–Crippen MR) is 238 cm³/mol. The maximum atomic E-state index is 6.70. The number of rotatable bonds is 5. The fourth-order valence-electron chi connectivity index (χ4n) is 8.84. The van der Waals surface area contributed by atoms with Gasteiger partial charge in [-0.05, 0) is 53.1 Å². The molecule has 0 radical (unpaired) electrons. The molecule has 2 N–H and O–H groups in total. The largest absolute Gasteiger partial charge is 0.456 e. The third-order valence-electron chi connectivity index (χ3n) is 11.5. The molecule has 0 bridgehead atoms. The second-order valence-electron chi connectivity index (χ2n) is 14.8. The van der Waals surface area contributed by atoms with Crippen molar-refractivity contribution in [2.24, 2.45) is 4.99 Å². The smallest absolute Gasteiger partial charge is 0.137 e. The van der Waals surface area contributed by atoms with Gasteiger partial charge in [-0.3, -0.25) is 5.32 Å². The fraction of sp³-hybridized carbons (Fsp3) is 0.0392. The van der Waals surface area contributed by atoms with Crippen LogP contribution >= 0.6 is 11.3 Å². The van der Waals surface area contributed by atoms with Crippen LogP contribution in [0.25, 0.3) is 80.7 Å². The second-order valence-corrected chi connectivity index (χ2v) is 15.8. The quantitative estimate of drug-likeness (QED) is 0.184. The van der Waals surface area contributed by atoms with Crippen LogP contribution in [-0.4, -0.2) is 10.4 Å². The van der Waals surface area contributed by atoms with Gasteiger partial charge < -0.3 is 14.3 Å². The number of aliphatic imine (C=N–C) groups is 1. The van der Waals surface area contributed by atoms with E-state index < -0.39 is 0 Å². The molecule has 4 heterocycles. The number of hydrogen-bond acceptors (Lipinski definition) is 5. The first kappa shape index (κ1) is 32.3. The number of benzene rings is 8. The van der Waals surface area contributed by atoms with Gasteiger partial charge in [0, 0.05) is 64.6 Å². The molecule has 270 valence electrons. The Morgan fingerprint density at radius 2 is 1.14 bits per heavy atom. The Balaban J connectivity index is 0.953. The van der Waals surface area contributed by atoms with Crippen LogP contribution in [0.2, 0.25) is 0 Å². The minimum atomic E-state index is -0.193. The number of aromatic nitrogens is 1. The number of furan rings is 1. The van der Waals surface area contributed by atoms with Crippen LogP contribution in [0, 0.1) is 0 Å². The monoisotopic (exact) mass is 750 g/mol. The van der Waals surface area contributed by atoms with Gasteiger partial charge in [0.25, 0.3) is 0 Å². The number of fused-ring (bicyclic) bond motifs is 9. The molecule has 8 aromatic carbocycles. The summed E-state index contributed by atoms with van der Waals surface area (Å²) < 4.78 is 11.6. The Hall–Kier alpha value is -6.99. The van der Waals surface area contributed by atoms with Crippen LogP contribution < -0.4 is 10.6 Å². The molecule has 3 aromatic heterocycles. The van der Waals surface area contributed by atoms with Gasteiger partial charge in [0.05, 0.1) is 11.0 Å². The van der Waals surface area contributed by atoms with Crippen molar-refractivity contribution in [3.63, 3.8) is 0 Å². The zero-order chi connectivity index (χ0) is 37.5. The number of hydrogen-bond donors (Lipinski definition) is 2. The molecule has 12 rings (SSSR count). The second kappa shape index (κ2) is 12.8. The minimum Gasteiger partial charge on any atom is -0.456 e. The molecule has 0 saturated heterocycles. The molecule has 2 atom stereocenters. The van der Waals surface area contributed by atoms with E-state index >= 15 is 0 Å². The average Bonchev–Trinajstić information content (AvgIpc) is 3.96. The molecule has 1 aliphatic heterocycles. The van der Waals surface area contributed by atoms with Gasteiger partial charge >= 0.3 is 0 Å². The summed E-state index contributed by atoms with van der Waals surface area (Å²) in [5, 5.41) is 14.8. The van der Waals surface area contributed by atoms with Crippen LogP contribution in [0.3, 0.4) is 0 Å². The Bertz CT molecular complexity index is 3320. The molecule has 0 spiro atoms. The highest BCUT2D eigenvalue weighted by Crippen LogP contribution is 2.44. The molecule has 5 nitrogen and oxygen atoms in total. The number of nitrogens with one attached hydrogen (secondary N) is 2. The van der Waals surface area contributed by atoms with Crippen LogP contribution in [0.15, 0.2) is 191 Å². The van der Waals surface area contributed by atoms with E-state index in [0.29, 0.717) is 0 Å². The van der Waals surface area contributed by atoms with Crippen molar-refractivity contribution in [2.75, 3.05) is 0 Å². The first-order chi connectivity index (χ1) is 28.2. The highest BCUT2D eigenvalue weighted by atomic mass is 32.1. The van der Waals surface area contributed by atoms with Gasteiger partial charge in [-0.1, -0.05) is 140 Å². The lowest BCUT2D eigenvalue weighted by Crippen LogP contribution is -2.45. The van der Waals surface area contributed by atoms with E-state index in [2.05, 4.69) is 191 Å². The molecular formula is C51H34N4OS. The summed E-state index contributed by atoms with van der Waals surface area (Å²) in [4.78, 5) is 5.14. The van der Waals surface area contributed by atoms with Gasteiger partial charge in [0.15, 0.2) is 0 Å². The molecule has 1 aliphatic rings. The third-order valence-corrected chi connectivity index (χ3v) is 12.8. The minimum absolute atomic E-state index is 0.151. The van der Waals surface area contributed by atoms with Crippen LogP contribution in [0.1, 0.15) is 29.0 Å². The van der Waals surface area contributed by atoms with Crippen LogP contribution in [0.5, 0.6) is 0 Å². The maximum absolute atomic E-state index is 6.70. The Kier molecular flexibility index (Phi) is 7.24. The van der Waals surface area contributed by atoms with E-state index in [-0.39, 0.29) is 12.3 Å². The zero-order valence-electron chi connectivity index (χ0n) is 30.7. The van der Waals surface area contributed by atoms with Gasteiger partial charge in [0.2, 0.25) is 0 Å². The summed E-state index contributed by atoms with van der Waals surface area (Å²) in [5.74, 6) is 0.883. The molecule has 11 aromatic rings. The molecule has 2 unspecified atom stereocenters. The standard InChI is InChI=1S/C51H34N4OS/c1-3-13-31(14-4-1)49-52-50(32-15-5-2-6-16-32)54-51(53-49)42-22-12-21-41-40-20-11-19-35(47(40)57-48(41)42)33-25-27-38-39-28-26-34(30-46(39)56-45(38)29-33)55-43-23-9-7-17-36(43)37-18-8-10-24-44(37)55/h1-30,49,51,53H,(H,52,54). The van der Waals surface area contributed by atoms with E-state index in [1.165, 1.54) is 53.1 Å². The van der Waals surface area contributed by atoms with Gasteiger partial charge in [-0.25, -0.2) is 4.99 Å². The van der Waals surface area contributed by atoms with Crippen molar-refractivity contribution in [1.82, 2.24) is 15.2 Å². The van der Waals surface area contributed by atoms with Crippen molar-refractivity contribution in [2.45, 2.75) is 12.3 Å². The first-order valence-corrected chi connectivity index (χ1v) is 20.2. The number of thiophene rings is 1. The zero-order valence-corrected chi connectivity index (χ0v) is 31.5. The number of amidine groups is 1. The summed E-state index contributed by atoms with van der Waals surface area (Å²) in [6.07, 6.45) is -0.344. The van der Waals surface area contributed by atoms with E-state index in [9.17, 15) is 0 Å². The maximum Gasteiger partial charge on any atom is 0.137 e. The summed E-state index contributed by atoms with van der Waals surface area (Å²) in [7, 11) is 0. The van der Waals surface area contributed by atoms with Crippen LogP contribution in [0.4, 0.5) is 0 Å². The highest BCUT2D eigenvalue weighted by molar-refractivity contribution is 7.26. The normalized spacial score (nSPS) is 15.9. The average molecular weight is 751 g/mol. The predicted octanol–water partition coefficient (Wildman–Crippen LogP) is 13.1. The molecule has 6 heteroatoms. The molecule has 0 saturated carbocycles. The molecule has 0 amide bonds. The van der Waals surface area contributed by atoms with Gasteiger partial charge in [-0.2, -0.15) is 0 Å². The summed E-state index contributed by atoms with van der Waals surface area (Å²) in [5.41, 5.74) is 11.0. The lowest BCUT2D eigenvalue weighted by atomic mass is 10.00. The molecule has 0 aliphatic carbocycles. The fourth-order valence-corrected chi connectivity index (χ4v) is 10.2. The SMILES string of the molecule is c1ccc(C2=NC(c3ccccc3)NC(c3cccc4c3sc3c(-c5ccc6c(c5)oc5cc(-n7c8ccccc8c8ccccc87)ccc56)cccc34)N2)cc1. The van der Waals surface area contributed by atoms with Crippen molar-refractivity contribution in [3.8, 4) is 16.8 Å². The third kappa shape index (κ3) is 5.15. The summed E-state index contributed by atoms with van der Waals surface area (Å²) >= 11 is 1.86. The van der Waals surface area contributed by atoms with Gasteiger partial charge in [0.1, 0.15) is 29.3 Å². The number of nitrogens with zero attached hydrogens (tertiary/aromatic N) is 2. The van der Waals surface area contributed by atoms with Crippen molar-refractivity contribution in [3.05, 3.63) is 199 Å². The Labute approximate surface area is 332 Å². The van der Waals surface area contributed by atoms with Crippen molar-refractivity contribution < 1.29 is 4.42 Å². The summed E-state index contributed by atoms with van der Waals surface area (Å²) in [6, 6.07) is 64.8. The number of para-hydroxylation sites is 2. The van der Waals surface area contributed by atoms with Crippen LogP contribution in [-0.2, 0) is 0 Å². The molecule has 57 heavy (non-hydrogen) atoms. The summed E-state index contributed by atoms with van der Waals surface area (Å²) in [6.45, 7) is 0. The first-order valence-electron chi connectivity index (χ1n) is 19.4. The molecule has 0 fully saturated rings. The van der Waals surface area contributed by atoms with Gasteiger partial charge in [-0.15, -0.1) is 11.3 Å². The topological polar surface area (TPSA) is 54.5 Å². The lowest BCUT2D eigenvalue weighted by molar-refractivity contribution is 0.411. The lowest BCUT2D eigenvalue weighted by Gasteiger charge is -2.32. The van der Waals surface area contributed by atoms with E-state index in [0.717, 1.165) is 50.2 Å². The highest BCUT2D eigenvalue weighted by Gasteiger charge is 2.27. The Morgan fingerprint density at radius 3 is 1.91 bits per heavy atom. The Morgan fingerprint density at radius 1 is 0.509 bits per heavy atom. The van der Waals surface area contributed by atoms with Crippen molar-refractivity contribution in [1.29, 1.82) is 0 Å². The van der Waals surface area contributed by atoms with Crippen molar-refractivity contribution >= 4 is 81.1 Å². The van der Waals surface area contributed by atoms with E-state index in [4.69, 9.17) is 9.41 Å². The van der Waals surface area contributed by atoms with E-state index in [1.807, 2.05) is 17.4 Å².